The van der Waals surface area contributed by atoms with E-state index in [9.17, 15) is 19.8 Å². The molecule has 0 aliphatic carbocycles. The molecule has 0 bridgehead atoms. The minimum atomic E-state index is -1.52. The number of hydrogen-bond donors (Lipinski definition) is 2. The smallest absolute Gasteiger partial charge is 0.339 e. The van der Waals surface area contributed by atoms with E-state index < -0.39 is 24.1 Å². The summed E-state index contributed by atoms with van der Waals surface area (Å²) in [6.07, 6.45) is -1.77. The standard InChI is InChI=1S/C12H20O6/c1-7(2)17-11(15)9(13)5-6-10(14)12(16)18-8(3)4/h5-10,13-14H,1-4H3/b6-5+. The van der Waals surface area contributed by atoms with E-state index in [1.54, 1.807) is 27.7 Å². The van der Waals surface area contributed by atoms with Crippen LogP contribution in [0.3, 0.4) is 0 Å². The van der Waals surface area contributed by atoms with Crippen molar-refractivity contribution in [2.45, 2.75) is 52.1 Å². The first kappa shape index (κ1) is 16.6. The minimum absolute atomic E-state index is 0.351. The topological polar surface area (TPSA) is 93.1 Å². The van der Waals surface area contributed by atoms with Gasteiger partial charge in [0.2, 0.25) is 0 Å². The van der Waals surface area contributed by atoms with Gasteiger partial charge in [0.25, 0.3) is 0 Å². The van der Waals surface area contributed by atoms with Gasteiger partial charge >= 0.3 is 11.9 Å². The van der Waals surface area contributed by atoms with Crippen LogP contribution >= 0.6 is 0 Å². The van der Waals surface area contributed by atoms with Gasteiger partial charge in [-0.2, -0.15) is 0 Å². The second kappa shape index (κ2) is 7.84. The molecule has 104 valence electrons. The van der Waals surface area contributed by atoms with E-state index in [4.69, 9.17) is 9.47 Å². The molecule has 6 heteroatoms. The summed E-state index contributed by atoms with van der Waals surface area (Å²) in [6, 6.07) is 0. The van der Waals surface area contributed by atoms with Crippen LogP contribution in [-0.4, -0.2) is 46.6 Å². The van der Waals surface area contributed by atoms with Crippen molar-refractivity contribution >= 4 is 11.9 Å². The zero-order valence-electron chi connectivity index (χ0n) is 11.0. The van der Waals surface area contributed by atoms with Crippen LogP contribution in [0.2, 0.25) is 0 Å². The molecular formula is C12H20O6. The summed E-state index contributed by atoms with van der Waals surface area (Å²) < 4.78 is 9.46. The van der Waals surface area contributed by atoms with E-state index in [1.807, 2.05) is 0 Å². The van der Waals surface area contributed by atoms with Crippen molar-refractivity contribution in [2.75, 3.05) is 0 Å². The molecular weight excluding hydrogens is 240 g/mol. The van der Waals surface area contributed by atoms with Crippen molar-refractivity contribution in [3.63, 3.8) is 0 Å². The lowest BCUT2D eigenvalue weighted by molar-refractivity contribution is -0.156. The highest BCUT2D eigenvalue weighted by Gasteiger charge is 2.18. The van der Waals surface area contributed by atoms with Gasteiger partial charge < -0.3 is 19.7 Å². The third-order valence-corrected chi connectivity index (χ3v) is 1.66. The summed E-state index contributed by atoms with van der Waals surface area (Å²) in [4.78, 5) is 22.4. The molecule has 0 saturated heterocycles. The summed E-state index contributed by atoms with van der Waals surface area (Å²) >= 11 is 0. The van der Waals surface area contributed by atoms with E-state index in [2.05, 4.69) is 0 Å². The van der Waals surface area contributed by atoms with Crippen LogP contribution in [0.15, 0.2) is 12.2 Å². The third-order valence-electron chi connectivity index (χ3n) is 1.66. The second-order valence-corrected chi connectivity index (χ2v) is 4.25. The fourth-order valence-corrected chi connectivity index (χ4v) is 0.972. The zero-order valence-corrected chi connectivity index (χ0v) is 11.0. The zero-order chi connectivity index (χ0) is 14.3. The monoisotopic (exact) mass is 260 g/mol. The van der Waals surface area contributed by atoms with Crippen LogP contribution in [-0.2, 0) is 19.1 Å². The van der Waals surface area contributed by atoms with E-state index in [0.717, 1.165) is 12.2 Å². The molecule has 0 aliphatic heterocycles. The van der Waals surface area contributed by atoms with Crippen LogP contribution in [0.1, 0.15) is 27.7 Å². The highest BCUT2D eigenvalue weighted by atomic mass is 16.6. The molecule has 0 aromatic heterocycles. The predicted octanol–water partition coefficient (Wildman–Crippen LogP) is 0.168. The normalized spacial score (nSPS) is 14.9. The average molecular weight is 260 g/mol. The summed E-state index contributed by atoms with van der Waals surface area (Å²) in [5.74, 6) is -1.68. The molecule has 6 nitrogen and oxygen atoms in total. The van der Waals surface area contributed by atoms with Crippen molar-refractivity contribution in [1.29, 1.82) is 0 Å². The minimum Gasteiger partial charge on any atom is -0.461 e. The van der Waals surface area contributed by atoms with Gasteiger partial charge in [0.05, 0.1) is 12.2 Å². The Morgan fingerprint density at radius 3 is 1.33 bits per heavy atom. The Labute approximate surface area is 106 Å². The fraction of sp³-hybridized carbons (Fsp3) is 0.667. The Morgan fingerprint density at radius 2 is 1.11 bits per heavy atom. The summed E-state index contributed by atoms with van der Waals surface area (Å²) in [5, 5.41) is 18.7. The van der Waals surface area contributed by atoms with Gasteiger partial charge in [-0.25, -0.2) is 9.59 Å². The lowest BCUT2D eigenvalue weighted by atomic mass is 10.2. The maximum Gasteiger partial charge on any atom is 0.339 e. The van der Waals surface area contributed by atoms with Crippen molar-refractivity contribution in [3.05, 3.63) is 12.2 Å². The molecule has 0 aliphatic rings. The van der Waals surface area contributed by atoms with Gasteiger partial charge in [-0.3, -0.25) is 0 Å². The van der Waals surface area contributed by atoms with Crippen LogP contribution < -0.4 is 0 Å². The van der Waals surface area contributed by atoms with Crippen molar-refractivity contribution < 1.29 is 29.3 Å². The van der Waals surface area contributed by atoms with Gasteiger partial charge in [-0.05, 0) is 39.8 Å². The van der Waals surface area contributed by atoms with Gasteiger partial charge in [0.1, 0.15) is 0 Å². The molecule has 2 unspecified atom stereocenters. The number of rotatable bonds is 6. The Bertz CT molecular complexity index is 278. The molecule has 0 heterocycles. The molecule has 0 rings (SSSR count). The van der Waals surface area contributed by atoms with E-state index >= 15 is 0 Å². The first-order valence-corrected chi connectivity index (χ1v) is 5.69. The Hall–Kier alpha value is -1.40. The SMILES string of the molecule is CC(C)OC(=O)C(O)/C=C/C(O)C(=O)OC(C)C. The summed E-state index contributed by atoms with van der Waals surface area (Å²) in [7, 11) is 0. The Morgan fingerprint density at radius 1 is 0.833 bits per heavy atom. The quantitative estimate of drug-likeness (QED) is 0.522. The van der Waals surface area contributed by atoms with Gasteiger partial charge in [0.15, 0.2) is 12.2 Å². The Balaban J connectivity index is 4.28. The molecule has 0 saturated carbocycles. The second-order valence-electron chi connectivity index (χ2n) is 4.25. The number of hydrogen-bond acceptors (Lipinski definition) is 6. The molecule has 18 heavy (non-hydrogen) atoms. The lowest BCUT2D eigenvalue weighted by Crippen LogP contribution is -2.26. The summed E-state index contributed by atoms with van der Waals surface area (Å²) in [6.45, 7) is 6.57. The largest absolute Gasteiger partial charge is 0.461 e. The van der Waals surface area contributed by atoms with Gasteiger partial charge in [-0.1, -0.05) is 0 Å². The molecule has 0 aromatic rings. The maximum absolute atomic E-state index is 11.2. The first-order valence-electron chi connectivity index (χ1n) is 5.69. The summed E-state index contributed by atoms with van der Waals surface area (Å²) in [5.41, 5.74) is 0. The van der Waals surface area contributed by atoms with Crippen molar-refractivity contribution in [2.24, 2.45) is 0 Å². The molecule has 0 amide bonds. The number of ether oxygens (including phenoxy) is 2. The third kappa shape index (κ3) is 7.03. The number of aliphatic hydroxyl groups is 2. The van der Waals surface area contributed by atoms with Crippen LogP contribution in [0.25, 0.3) is 0 Å². The van der Waals surface area contributed by atoms with Crippen LogP contribution in [0, 0.1) is 0 Å². The van der Waals surface area contributed by atoms with Crippen LogP contribution in [0.4, 0.5) is 0 Å². The molecule has 0 spiro atoms. The number of carbonyl (C=O) groups excluding carboxylic acids is 2. The van der Waals surface area contributed by atoms with Crippen molar-refractivity contribution in [3.8, 4) is 0 Å². The van der Waals surface area contributed by atoms with Gasteiger partial charge in [0, 0.05) is 0 Å². The lowest BCUT2D eigenvalue weighted by Gasteiger charge is -2.12. The predicted molar refractivity (Wildman–Crippen MR) is 63.6 cm³/mol. The molecule has 2 atom stereocenters. The van der Waals surface area contributed by atoms with E-state index in [0.29, 0.717) is 0 Å². The molecule has 0 fully saturated rings. The van der Waals surface area contributed by atoms with Crippen LogP contribution in [0.5, 0.6) is 0 Å². The number of aliphatic hydroxyl groups excluding tert-OH is 2. The maximum atomic E-state index is 11.2. The van der Waals surface area contributed by atoms with Crippen molar-refractivity contribution in [1.82, 2.24) is 0 Å². The molecule has 2 N–H and O–H groups in total. The number of esters is 2. The molecule has 0 aromatic carbocycles. The fourth-order valence-electron chi connectivity index (χ4n) is 0.972. The average Bonchev–Trinajstić information content (AvgIpc) is 2.23. The van der Waals surface area contributed by atoms with E-state index in [1.165, 1.54) is 0 Å². The van der Waals surface area contributed by atoms with Gasteiger partial charge in [-0.15, -0.1) is 0 Å². The van der Waals surface area contributed by atoms with E-state index in [-0.39, 0.29) is 12.2 Å². The molecule has 0 radical (unpaired) electrons. The number of carbonyl (C=O) groups is 2. The highest BCUT2D eigenvalue weighted by Crippen LogP contribution is 2.00. The Kier molecular flexibility index (Phi) is 7.23. The first-order chi connectivity index (χ1) is 8.23. The highest BCUT2D eigenvalue weighted by molar-refractivity contribution is 5.79.